The van der Waals surface area contributed by atoms with Crippen molar-refractivity contribution in [3.05, 3.63) is 41.9 Å². The molecule has 3 N–H and O–H groups in total. The fourth-order valence-corrected chi connectivity index (χ4v) is 4.18. The van der Waals surface area contributed by atoms with Gasteiger partial charge < -0.3 is 15.6 Å². The van der Waals surface area contributed by atoms with Crippen molar-refractivity contribution in [2.75, 3.05) is 25.2 Å². The van der Waals surface area contributed by atoms with Crippen molar-refractivity contribution in [1.29, 1.82) is 0 Å². The number of aryl methyl sites for hydroxylation is 1. The largest absolute Gasteiger partial charge is 0.490 e. The Morgan fingerprint density at radius 2 is 1.88 bits per heavy atom. The zero-order valence-electron chi connectivity index (χ0n) is 18.3. The number of nitrogens with two attached hydrogens (primary N) is 1. The summed E-state index contributed by atoms with van der Waals surface area (Å²) >= 11 is 0. The van der Waals surface area contributed by atoms with Gasteiger partial charge in [-0.05, 0) is 37.5 Å². The summed E-state index contributed by atoms with van der Waals surface area (Å²) in [4.78, 5) is 18.1. The topological polar surface area (TPSA) is 137 Å². The molecule has 0 radical (unpaired) electrons. The molecular weight excluding hydrogens is 477 g/mol. The summed E-state index contributed by atoms with van der Waals surface area (Å²) in [5.74, 6) is -2.08. The normalized spacial score (nSPS) is 15.1. The molecule has 0 unspecified atom stereocenters. The van der Waals surface area contributed by atoms with E-state index in [1.807, 2.05) is 23.6 Å². The zero-order chi connectivity index (χ0) is 25.3. The number of ether oxygens (including phenoxy) is 1. The number of imidazole rings is 1. The Balaban J connectivity index is 0.000000406. The van der Waals surface area contributed by atoms with E-state index in [2.05, 4.69) is 9.97 Å². The molecule has 1 saturated heterocycles. The van der Waals surface area contributed by atoms with Crippen LogP contribution in [0.1, 0.15) is 30.0 Å². The fourth-order valence-electron chi connectivity index (χ4n) is 3.53. The molecule has 0 bridgehead atoms. The summed E-state index contributed by atoms with van der Waals surface area (Å²) in [6.07, 6.45) is 1.63. The summed E-state index contributed by atoms with van der Waals surface area (Å²) in [5, 5.41) is 7.12. The van der Waals surface area contributed by atoms with E-state index in [0.29, 0.717) is 17.4 Å². The quantitative estimate of drug-likeness (QED) is 0.559. The maximum atomic E-state index is 12.0. The van der Waals surface area contributed by atoms with Gasteiger partial charge in [0.2, 0.25) is 0 Å². The Labute approximate surface area is 193 Å². The molecule has 9 nitrogen and oxygen atoms in total. The number of aliphatic carboxylic acids is 1. The summed E-state index contributed by atoms with van der Waals surface area (Å²) in [6.45, 7) is 3.39. The van der Waals surface area contributed by atoms with Gasteiger partial charge in [0, 0.05) is 37.1 Å². The van der Waals surface area contributed by atoms with E-state index < -0.39 is 22.0 Å². The minimum atomic E-state index is -5.08. The number of nitrogen functional groups attached to an aromatic ring is 1. The maximum absolute atomic E-state index is 12.0. The Kier molecular flexibility index (Phi) is 7.17. The minimum absolute atomic E-state index is 0.282. The molecule has 1 aromatic carbocycles. The molecule has 3 aromatic rings. The molecule has 0 atom stereocenters. The maximum Gasteiger partial charge on any atom is 0.490 e. The van der Waals surface area contributed by atoms with Crippen LogP contribution in [0, 0.1) is 6.92 Å². The standard InChI is InChI=1S/C19H22N4O3S.C2HF3O2/c1-12-3-4-14(27(2,24)25)9-15(12)17-10-21-19-18(20)22-16(11-23(17)19)13-5-7-26-8-6-13;3-2(4,5)1(6)7/h3-4,9-11,13H,5-8H2,1-2H3,(H2,20,22);(H,6,7). The van der Waals surface area contributed by atoms with Gasteiger partial charge in [0.15, 0.2) is 21.3 Å². The van der Waals surface area contributed by atoms with Crippen molar-refractivity contribution in [1.82, 2.24) is 14.4 Å². The van der Waals surface area contributed by atoms with E-state index in [4.69, 9.17) is 20.4 Å². The first-order chi connectivity index (χ1) is 15.8. The average Bonchev–Trinajstić information content (AvgIpc) is 3.18. The number of nitrogens with zero attached hydrogens (tertiary/aromatic N) is 3. The number of alkyl halides is 3. The van der Waals surface area contributed by atoms with Crippen molar-refractivity contribution < 1.29 is 36.2 Å². The van der Waals surface area contributed by atoms with Crippen LogP contribution >= 0.6 is 0 Å². The van der Waals surface area contributed by atoms with Gasteiger partial charge in [0.25, 0.3) is 0 Å². The highest BCUT2D eigenvalue weighted by Gasteiger charge is 2.38. The van der Waals surface area contributed by atoms with Crippen molar-refractivity contribution in [3.63, 3.8) is 0 Å². The molecule has 1 aliphatic rings. The highest BCUT2D eigenvalue weighted by atomic mass is 32.2. The van der Waals surface area contributed by atoms with Crippen LogP contribution in [0.5, 0.6) is 0 Å². The Morgan fingerprint density at radius 1 is 1.26 bits per heavy atom. The lowest BCUT2D eigenvalue weighted by atomic mass is 9.97. The van der Waals surface area contributed by atoms with E-state index in [-0.39, 0.29) is 4.90 Å². The number of benzene rings is 1. The van der Waals surface area contributed by atoms with E-state index in [0.717, 1.165) is 48.6 Å². The number of fused-ring (bicyclic) bond motifs is 1. The fraction of sp³-hybridized carbons (Fsp3) is 0.381. The summed E-state index contributed by atoms with van der Waals surface area (Å²) in [7, 11) is -3.30. The highest BCUT2D eigenvalue weighted by Crippen LogP contribution is 2.31. The Bertz CT molecular complexity index is 1320. The zero-order valence-corrected chi connectivity index (χ0v) is 19.2. The molecule has 13 heteroatoms. The monoisotopic (exact) mass is 500 g/mol. The van der Waals surface area contributed by atoms with Crippen molar-refractivity contribution in [3.8, 4) is 11.3 Å². The SMILES string of the molecule is Cc1ccc(S(C)(=O)=O)cc1-c1cnc2c(N)nc(C3CCOCC3)cn12.O=C(O)C(F)(F)F. The number of hydrogen-bond acceptors (Lipinski definition) is 7. The predicted octanol–water partition coefficient (Wildman–Crippen LogP) is 3.22. The van der Waals surface area contributed by atoms with Crippen LogP contribution in [0.25, 0.3) is 16.9 Å². The number of carboxylic acids is 1. The minimum Gasteiger partial charge on any atom is -0.475 e. The van der Waals surface area contributed by atoms with Gasteiger partial charge in [-0.25, -0.2) is 23.2 Å². The van der Waals surface area contributed by atoms with Gasteiger partial charge in [-0.15, -0.1) is 0 Å². The third-order valence-corrected chi connectivity index (χ3v) is 6.44. The van der Waals surface area contributed by atoms with E-state index in [9.17, 15) is 21.6 Å². The lowest BCUT2D eigenvalue weighted by Gasteiger charge is -2.22. The molecule has 0 spiro atoms. The summed E-state index contributed by atoms with van der Waals surface area (Å²) in [5.41, 5.74) is 10.2. The van der Waals surface area contributed by atoms with Gasteiger partial charge in [-0.3, -0.25) is 4.40 Å². The second kappa shape index (κ2) is 9.58. The second-order valence-corrected chi connectivity index (χ2v) is 9.84. The summed E-state index contributed by atoms with van der Waals surface area (Å²) in [6, 6.07) is 5.13. The Morgan fingerprint density at radius 3 is 2.44 bits per heavy atom. The molecule has 0 aliphatic carbocycles. The smallest absolute Gasteiger partial charge is 0.475 e. The first-order valence-electron chi connectivity index (χ1n) is 10.1. The van der Waals surface area contributed by atoms with Gasteiger partial charge >= 0.3 is 12.1 Å². The molecular formula is C21H23F3N4O5S. The van der Waals surface area contributed by atoms with Crippen LogP contribution in [0.4, 0.5) is 19.0 Å². The lowest BCUT2D eigenvalue weighted by Crippen LogP contribution is -2.21. The first kappa shape index (κ1) is 25.4. The van der Waals surface area contributed by atoms with Crippen molar-refractivity contribution >= 4 is 27.3 Å². The van der Waals surface area contributed by atoms with E-state index in [1.165, 1.54) is 6.26 Å². The van der Waals surface area contributed by atoms with Gasteiger partial charge in [-0.1, -0.05) is 6.07 Å². The molecule has 0 amide bonds. The number of carbonyl (C=O) groups is 1. The second-order valence-electron chi connectivity index (χ2n) is 7.83. The lowest BCUT2D eigenvalue weighted by molar-refractivity contribution is -0.192. The number of halogens is 3. The van der Waals surface area contributed by atoms with Crippen LogP contribution < -0.4 is 5.73 Å². The Hall–Kier alpha value is -3.19. The molecule has 184 valence electrons. The van der Waals surface area contributed by atoms with Crippen LogP contribution in [0.15, 0.2) is 35.5 Å². The molecule has 34 heavy (non-hydrogen) atoms. The molecule has 3 heterocycles. The number of anilines is 1. The van der Waals surface area contributed by atoms with Crippen LogP contribution in [0.3, 0.4) is 0 Å². The van der Waals surface area contributed by atoms with Crippen molar-refractivity contribution in [2.24, 2.45) is 0 Å². The third-order valence-electron chi connectivity index (χ3n) is 5.33. The first-order valence-corrected chi connectivity index (χ1v) is 12.0. The van der Waals surface area contributed by atoms with Crippen LogP contribution in [0.2, 0.25) is 0 Å². The van der Waals surface area contributed by atoms with Crippen LogP contribution in [-0.2, 0) is 19.4 Å². The third kappa shape index (κ3) is 5.65. The van der Waals surface area contributed by atoms with E-state index >= 15 is 0 Å². The van der Waals surface area contributed by atoms with E-state index in [1.54, 1.807) is 18.3 Å². The molecule has 0 saturated carbocycles. The number of rotatable bonds is 3. The number of hydrogen-bond donors (Lipinski definition) is 2. The number of sulfone groups is 1. The number of aromatic nitrogens is 3. The van der Waals surface area contributed by atoms with Gasteiger partial charge in [-0.2, -0.15) is 13.2 Å². The number of carboxylic acid groups (broad SMARTS) is 1. The highest BCUT2D eigenvalue weighted by molar-refractivity contribution is 7.90. The van der Waals surface area contributed by atoms with Crippen molar-refractivity contribution in [2.45, 2.75) is 36.8 Å². The van der Waals surface area contributed by atoms with Crippen LogP contribution in [-0.4, -0.2) is 59.5 Å². The average molecular weight is 500 g/mol. The summed E-state index contributed by atoms with van der Waals surface area (Å²) < 4.78 is 63.1. The molecule has 1 aliphatic heterocycles. The van der Waals surface area contributed by atoms with Gasteiger partial charge in [0.1, 0.15) is 0 Å². The predicted molar refractivity (Wildman–Crippen MR) is 117 cm³/mol. The molecule has 1 fully saturated rings. The molecule has 4 rings (SSSR count). The molecule has 2 aromatic heterocycles. The van der Waals surface area contributed by atoms with Gasteiger partial charge in [0.05, 0.1) is 22.5 Å².